The molecular weight excluding hydrogens is 210 g/mol. The van der Waals surface area contributed by atoms with Crippen molar-refractivity contribution in [2.24, 2.45) is 0 Å². The molecule has 3 aromatic rings. The van der Waals surface area contributed by atoms with Gasteiger partial charge < -0.3 is 11.5 Å². The Labute approximate surface area is 130 Å². The van der Waals surface area contributed by atoms with Gasteiger partial charge in [-0.2, -0.15) is 0 Å². The Hall–Kier alpha value is -1.03. The molecule has 18 heavy (non-hydrogen) atoms. The van der Waals surface area contributed by atoms with Crippen LogP contribution in [-0.4, -0.2) is 37.7 Å². The van der Waals surface area contributed by atoms with E-state index >= 15 is 0 Å². The number of hydrogen-bond donors (Lipinski definition) is 2. The van der Waals surface area contributed by atoms with Gasteiger partial charge in [0.15, 0.2) is 0 Å². The number of anilines is 2. The van der Waals surface area contributed by atoms with Gasteiger partial charge in [-0.15, -0.1) is 0 Å². The SMILES string of the molecule is Nc1ccc2cc3ccccc3cc2c1N.[LiH].[LiH]. The molecule has 0 aromatic heterocycles. The molecule has 82 valence electrons. The van der Waals surface area contributed by atoms with E-state index < -0.39 is 0 Å². The van der Waals surface area contributed by atoms with E-state index in [4.69, 9.17) is 11.5 Å². The zero-order chi connectivity index (χ0) is 11.1. The summed E-state index contributed by atoms with van der Waals surface area (Å²) in [5.41, 5.74) is 13.1. The first-order chi connectivity index (χ1) is 7.75. The predicted molar refractivity (Wildman–Crippen MR) is 84.6 cm³/mol. The van der Waals surface area contributed by atoms with Crippen LogP contribution in [0.15, 0.2) is 48.5 Å². The van der Waals surface area contributed by atoms with Crippen LogP contribution in [0.4, 0.5) is 11.4 Å². The molecule has 0 saturated heterocycles. The third-order valence-corrected chi connectivity index (χ3v) is 2.96. The minimum absolute atomic E-state index is 0. The first-order valence-corrected chi connectivity index (χ1v) is 5.22. The van der Waals surface area contributed by atoms with Gasteiger partial charge >= 0.3 is 37.7 Å². The van der Waals surface area contributed by atoms with Gasteiger partial charge in [0.2, 0.25) is 0 Å². The van der Waals surface area contributed by atoms with Crippen LogP contribution in [0.25, 0.3) is 21.5 Å². The summed E-state index contributed by atoms with van der Waals surface area (Å²) in [5.74, 6) is 0. The van der Waals surface area contributed by atoms with Gasteiger partial charge in [-0.05, 0) is 34.4 Å². The van der Waals surface area contributed by atoms with E-state index in [0.29, 0.717) is 11.4 Å². The number of nitrogen functional groups attached to an aromatic ring is 2. The first kappa shape index (κ1) is 15.0. The topological polar surface area (TPSA) is 52.0 Å². The Kier molecular flexibility index (Phi) is 4.80. The van der Waals surface area contributed by atoms with E-state index in [-0.39, 0.29) is 37.7 Å². The Morgan fingerprint density at radius 1 is 0.667 bits per heavy atom. The standard InChI is InChI=1S/C14H12N2.2Li.2H/c15-13-6-5-11-7-9-3-1-2-4-10(9)8-12(11)14(13)16;;;;/h1-8H,15-16H2;;;;. The van der Waals surface area contributed by atoms with E-state index in [9.17, 15) is 0 Å². The maximum absolute atomic E-state index is 5.98. The molecule has 0 spiro atoms. The molecule has 0 unspecified atom stereocenters. The fraction of sp³-hybridized carbons (Fsp3) is 0. The van der Waals surface area contributed by atoms with Crippen LogP contribution in [0.1, 0.15) is 0 Å². The predicted octanol–water partition coefficient (Wildman–Crippen LogP) is 1.86. The molecule has 0 saturated carbocycles. The van der Waals surface area contributed by atoms with Crippen LogP contribution in [0.3, 0.4) is 0 Å². The van der Waals surface area contributed by atoms with Gasteiger partial charge in [0.05, 0.1) is 11.4 Å². The fourth-order valence-electron chi connectivity index (χ4n) is 2.05. The van der Waals surface area contributed by atoms with Crippen LogP contribution >= 0.6 is 0 Å². The summed E-state index contributed by atoms with van der Waals surface area (Å²) in [6, 6.07) is 16.3. The van der Waals surface area contributed by atoms with Gasteiger partial charge in [-0.25, -0.2) is 0 Å². The van der Waals surface area contributed by atoms with E-state index in [1.807, 2.05) is 24.3 Å². The second-order valence-electron chi connectivity index (χ2n) is 3.99. The summed E-state index contributed by atoms with van der Waals surface area (Å²) in [6.07, 6.45) is 0. The van der Waals surface area contributed by atoms with Crippen LogP contribution in [0, 0.1) is 0 Å². The van der Waals surface area contributed by atoms with Crippen LogP contribution in [0.2, 0.25) is 0 Å². The van der Waals surface area contributed by atoms with E-state index in [2.05, 4.69) is 24.3 Å². The van der Waals surface area contributed by atoms with Gasteiger partial charge in [0, 0.05) is 5.39 Å². The van der Waals surface area contributed by atoms with Crippen molar-refractivity contribution in [1.82, 2.24) is 0 Å². The summed E-state index contributed by atoms with van der Waals surface area (Å²) in [5, 5.41) is 4.57. The molecule has 0 atom stereocenters. The van der Waals surface area contributed by atoms with Gasteiger partial charge in [-0.1, -0.05) is 30.3 Å². The Morgan fingerprint density at radius 3 is 1.94 bits per heavy atom. The number of fused-ring (bicyclic) bond motifs is 2. The molecule has 4 N–H and O–H groups in total. The molecule has 4 heteroatoms. The van der Waals surface area contributed by atoms with Crippen molar-refractivity contribution in [3.05, 3.63) is 48.5 Å². The first-order valence-electron chi connectivity index (χ1n) is 5.22. The summed E-state index contributed by atoms with van der Waals surface area (Å²) in [6.45, 7) is 0. The molecule has 0 amide bonds. The molecule has 0 fully saturated rings. The van der Waals surface area contributed by atoms with Crippen molar-refractivity contribution in [3.63, 3.8) is 0 Å². The fourth-order valence-corrected chi connectivity index (χ4v) is 2.05. The van der Waals surface area contributed by atoms with Crippen molar-refractivity contribution in [3.8, 4) is 0 Å². The van der Waals surface area contributed by atoms with Crippen molar-refractivity contribution in [1.29, 1.82) is 0 Å². The minimum atomic E-state index is 0. The Balaban J connectivity index is 0.000000810. The van der Waals surface area contributed by atoms with Crippen LogP contribution < -0.4 is 11.5 Å². The number of rotatable bonds is 0. The molecule has 0 aliphatic carbocycles. The van der Waals surface area contributed by atoms with Gasteiger partial charge in [-0.3, -0.25) is 0 Å². The quantitative estimate of drug-likeness (QED) is 0.348. The Bertz CT molecular complexity index is 696. The Morgan fingerprint density at radius 2 is 1.28 bits per heavy atom. The molecular formula is C14H14Li2N2. The molecule has 0 bridgehead atoms. The van der Waals surface area contributed by atoms with Crippen molar-refractivity contribution in [2.75, 3.05) is 11.5 Å². The zero-order valence-electron chi connectivity index (χ0n) is 8.77. The monoisotopic (exact) mass is 224 g/mol. The molecule has 3 aromatic carbocycles. The van der Waals surface area contributed by atoms with E-state index in [1.165, 1.54) is 10.8 Å². The normalized spacial score (nSPS) is 9.78. The third-order valence-electron chi connectivity index (χ3n) is 2.96. The van der Waals surface area contributed by atoms with E-state index in [0.717, 1.165) is 10.8 Å². The van der Waals surface area contributed by atoms with Crippen molar-refractivity contribution >= 4 is 70.6 Å². The third kappa shape index (κ3) is 2.39. The van der Waals surface area contributed by atoms with Crippen LogP contribution in [0.5, 0.6) is 0 Å². The average Bonchev–Trinajstić information content (AvgIpc) is 2.32. The van der Waals surface area contributed by atoms with Gasteiger partial charge in [0.25, 0.3) is 0 Å². The van der Waals surface area contributed by atoms with E-state index in [1.54, 1.807) is 0 Å². The molecule has 0 radical (unpaired) electrons. The van der Waals surface area contributed by atoms with Crippen molar-refractivity contribution < 1.29 is 0 Å². The molecule has 3 rings (SSSR count). The summed E-state index contributed by atoms with van der Waals surface area (Å²) < 4.78 is 0. The number of hydrogen-bond acceptors (Lipinski definition) is 2. The zero-order valence-corrected chi connectivity index (χ0v) is 8.77. The molecule has 0 aliphatic heterocycles. The molecule has 0 aliphatic rings. The number of nitrogens with two attached hydrogens (primary N) is 2. The van der Waals surface area contributed by atoms with Crippen molar-refractivity contribution in [2.45, 2.75) is 0 Å². The number of benzene rings is 3. The molecule has 2 nitrogen and oxygen atoms in total. The average molecular weight is 224 g/mol. The maximum atomic E-state index is 5.98. The van der Waals surface area contributed by atoms with Gasteiger partial charge in [0.1, 0.15) is 0 Å². The van der Waals surface area contributed by atoms with Crippen LogP contribution in [-0.2, 0) is 0 Å². The molecule has 0 heterocycles. The summed E-state index contributed by atoms with van der Waals surface area (Å²) >= 11 is 0. The second kappa shape index (κ2) is 5.74. The second-order valence-corrected chi connectivity index (χ2v) is 3.99. The summed E-state index contributed by atoms with van der Waals surface area (Å²) in [7, 11) is 0. The summed E-state index contributed by atoms with van der Waals surface area (Å²) in [4.78, 5) is 0.